The van der Waals surface area contributed by atoms with Gasteiger partial charge in [-0.1, -0.05) is 23.8 Å². The van der Waals surface area contributed by atoms with Crippen LogP contribution in [0.4, 0.5) is 5.69 Å². The maximum absolute atomic E-state index is 13.4. The van der Waals surface area contributed by atoms with Gasteiger partial charge in [0.1, 0.15) is 0 Å². The van der Waals surface area contributed by atoms with Gasteiger partial charge in [-0.3, -0.25) is 9.59 Å². The summed E-state index contributed by atoms with van der Waals surface area (Å²) in [7, 11) is -1.43. The number of aryl methyl sites for hydroxylation is 1. The molecule has 3 atom stereocenters. The minimum absolute atomic E-state index is 0.00124. The van der Waals surface area contributed by atoms with Crippen molar-refractivity contribution in [3.05, 3.63) is 52.2 Å². The Kier molecular flexibility index (Phi) is 5.25. The second-order valence-electron chi connectivity index (χ2n) is 7.88. The van der Waals surface area contributed by atoms with Gasteiger partial charge < -0.3 is 9.80 Å². The fraction of sp³-hybridized carbons (Fsp3) is 0.429. The number of anilines is 1. The van der Waals surface area contributed by atoms with Crippen molar-refractivity contribution in [2.75, 3.05) is 23.5 Å². The fourth-order valence-electron chi connectivity index (χ4n) is 4.27. The van der Waals surface area contributed by atoms with E-state index in [4.69, 9.17) is 0 Å². The molecule has 0 N–H and O–H groups in total. The van der Waals surface area contributed by atoms with Gasteiger partial charge in [-0.2, -0.15) is 0 Å². The van der Waals surface area contributed by atoms with Gasteiger partial charge in [-0.25, -0.2) is 8.42 Å². The molecule has 3 heterocycles. The number of carbonyl (C=O) groups is 2. The van der Waals surface area contributed by atoms with Gasteiger partial charge >= 0.3 is 0 Å². The van der Waals surface area contributed by atoms with Crippen LogP contribution in [-0.2, 0) is 19.4 Å². The molecule has 8 heteroatoms. The minimum Gasteiger partial charge on any atom is -0.341 e. The Morgan fingerprint density at radius 2 is 1.93 bits per heavy atom. The van der Waals surface area contributed by atoms with E-state index in [9.17, 15) is 18.0 Å². The van der Waals surface area contributed by atoms with E-state index < -0.39 is 15.8 Å². The molecule has 2 fully saturated rings. The molecule has 1 aromatic heterocycles. The molecule has 1 aromatic carbocycles. The molecular formula is C21H24N2O4S2. The van der Waals surface area contributed by atoms with Crippen LogP contribution < -0.4 is 4.90 Å². The normalized spacial score (nSPS) is 26.1. The van der Waals surface area contributed by atoms with Crippen LogP contribution in [0.15, 0.2) is 41.8 Å². The van der Waals surface area contributed by atoms with Gasteiger partial charge in [0.05, 0.1) is 23.5 Å². The van der Waals surface area contributed by atoms with E-state index in [0.717, 1.165) is 16.1 Å². The summed E-state index contributed by atoms with van der Waals surface area (Å²) in [5, 5.41) is 1.94. The van der Waals surface area contributed by atoms with Crippen LogP contribution in [0.1, 0.15) is 29.3 Å². The molecule has 2 amide bonds. The first-order valence-electron chi connectivity index (χ1n) is 9.66. The van der Waals surface area contributed by atoms with Crippen LogP contribution >= 0.6 is 11.3 Å². The number of sulfone groups is 1. The summed E-state index contributed by atoms with van der Waals surface area (Å²) in [6.45, 7) is 1.99. The van der Waals surface area contributed by atoms with Gasteiger partial charge in [0.25, 0.3) is 0 Å². The molecule has 4 rings (SSSR count). The smallest absolute Gasteiger partial charge is 0.228 e. The molecule has 2 aliphatic heterocycles. The molecule has 3 unspecified atom stereocenters. The lowest BCUT2D eigenvalue weighted by atomic mass is 9.96. The molecule has 2 saturated heterocycles. The van der Waals surface area contributed by atoms with Crippen LogP contribution in [0.2, 0.25) is 0 Å². The summed E-state index contributed by atoms with van der Waals surface area (Å²) >= 11 is 1.53. The standard InChI is InChI=1S/C21H24N2O4S2/c1-14-5-7-15(8-6-14)23-19(24)12-17(20(23)18-4-3-10-28-18)21(25)22(2)16-9-11-29(26,27)13-16/h3-8,10,16-17,20H,9,11-13H2,1-2H3. The zero-order chi connectivity index (χ0) is 20.8. The van der Waals surface area contributed by atoms with Crippen LogP contribution in [0.3, 0.4) is 0 Å². The van der Waals surface area contributed by atoms with E-state index >= 15 is 0 Å². The number of hydrogen-bond acceptors (Lipinski definition) is 5. The van der Waals surface area contributed by atoms with Gasteiger partial charge in [-0.15, -0.1) is 11.3 Å². The molecule has 154 valence electrons. The van der Waals surface area contributed by atoms with E-state index in [1.54, 1.807) is 16.8 Å². The Hall–Kier alpha value is -2.19. The monoisotopic (exact) mass is 432 g/mol. The first-order chi connectivity index (χ1) is 13.8. The average Bonchev–Trinajstić information content (AvgIpc) is 3.40. The Balaban J connectivity index is 1.66. The van der Waals surface area contributed by atoms with Gasteiger partial charge in [-0.05, 0) is 36.9 Å². The summed E-state index contributed by atoms with van der Waals surface area (Å²) in [6.07, 6.45) is 0.579. The van der Waals surface area contributed by atoms with Gasteiger partial charge in [0.15, 0.2) is 9.84 Å². The van der Waals surface area contributed by atoms with E-state index in [2.05, 4.69) is 0 Å². The predicted molar refractivity (Wildman–Crippen MR) is 114 cm³/mol. The number of carbonyl (C=O) groups excluding carboxylic acids is 2. The number of nitrogens with zero attached hydrogens (tertiary/aromatic N) is 2. The van der Waals surface area contributed by atoms with Crippen molar-refractivity contribution in [1.82, 2.24) is 4.90 Å². The van der Waals surface area contributed by atoms with Crippen molar-refractivity contribution in [1.29, 1.82) is 0 Å². The molecular weight excluding hydrogens is 408 g/mol. The van der Waals surface area contributed by atoms with Crippen LogP contribution in [0.5, 0.6) is 0 Å². The molecule has 0 radical (unpaired) electrons. The average molecular weight is 433 g/mol. The quantitative estimate of drug-likeness (QED) is 0.745. The predicted octanol–water partition coefficient (Wildman–Crippen LogP) is 2.80. The number of thiophene rings is 1. The second-order valence-corrected chi connectivity index (χ2v) is 11.1. The third-order valence-corrected chi connectivity index (χ3v) is 8.58. The highest BCUT2D eigenvalue weighted by Crippen LogP contribution is 2.44. The van der Waals surface area contributed by atoms with Crippen molar-refractivity contribution in [3.63, 3.8) is 0 Å². The molecule has 29 heavy (non-hydrogen) atoms. The van der Waals surface area contributed by atoms with Crippen molar-refractivity contribution in [3.8, 4) is 0 Å². The van der Waals surface area contributed by atoms with Crippen molar-refractivity contribution in [2.45, 2.75) is 31.8 Å². The van der Waals surface area contributed by atoms with E-state index in [0.29, 0.717) is 6.42 Å². The van der Waals surface area contributed by atoms with E-state index in [-0.39, 0.29) is 41.8 Å². The maximum atomic E-state index is 13.4. The maximum Gasteiger partial charge on any atom is 0.228 e. The second kappa shape index (κ2) is 7.57. The molecule has 0 saturated carbocycles. The van der Waals surface area contributed by atoms with E-state index in [1.807, 2.05) is 48.7 Å². The SMILES string of the molecule is Cc1ccc(N2C(=O)CC(C(=O)N(C)C3CCS(=O)(=O)C3)C2c2cccs2)cc1. The highest BCUT2D eigenvalue weighted by molar-refractivity contribution is 7.91. The van der Waals surface area contributed by atoms with Gasteiger partial charge in [0.2, 0.25) is 11.8 Å². The van der Waals surface area contributed by atoms with Crippen molar-refractivity contribution >= 4 is 38.7 Å². The Morgan fingerprint density at radius 3 is 2.52 bits per heavy atom. The third kappa shape index (κ3) is 3.83. The Bertz CT molecular complexity index is 1020. The first-order valence-corrected chi connectivity index (χ1v) is 12.4. The van der Waals surface area contributed by atoms with Crippen molar-refractivity contribution in [2.24, 2.45) is 5.92 Å². The highest BCUT2D eigenvalue weighted by Gasteiger charge is 2.48. The summed E-state index contributed by atoms with van der Waals surface area (Å²) in [5.41, 5.74) is 1.88. The molecule has 6 nitrogen and oxygen atoms in total. The third-order valence-electron chi connectivity index (χ3n) is 5.89. The van der Waals surface area contributed by atoms with Crippen LogP contribution in [-0.4, -0.2) is 49.7 Å². The topological polar surface area (TPSA) is 74.8 Å². The fourth-order valence-corrected chi connectivity index (χ4v) is 6.93. The molecule has 0 bridgehead atoms. The van der Waals surface area contributed by atoms with E-state index in [1.165, 1.54) is 11.3 Å². The summed E-state index contributed by atoms with van der Waals surface area (Å²) in [4.78, 5) is 30.6. The Morgan fingerprint density at radius 1 is 1.21 bits per heavy atom. The summed E-state index contributed by atoms with van der Waals surface area (Å²) in [5.74, 6) is -0.661. The van der Waals surface area contributed by atoms with Gasteiger partial charge in [0, 0.05) is 30.1 Å². The van der Waals surface area contributed by atoms with Crippen LogP contribution in [0.25, 0.3) is 0 Å². The summed E-state index contributed by atoms with van der Waals surface area (Å²) < 4.78 is 23.7. The largest absolute Gasteiger partial charge is 0.341 e. The molecule has 2 aliphatic rings. The zero-order valence-corrected chi connectivity index (χ0v) is 18.1. The lowest BCUT2D eigenvalue weighted by Gasteiger charge is -2.31. The lowest BCUT2D eigenvalue weighted by Crippen LogP contribution is -2.43. The highest BCUT2D eigenvalue weighted by atomic mass is 32.2. The number of hydrogen-bond donors (Lipinski definition) is 0. The summed E-state index contributed by atoms with van der Waals surface area (Å²) in [6, 6.07) is 10.9. The lowest BCUT2D eigenvalue weighted by molar-refractivity contribution is -0.136. The zero-order valence-electron chi connectivity index (χ0n) is 16.4. The number of benzene rings is 1. The minimum atomic E-state index is -3.09. The van der Waals surface area contributed by atoms with Crippen LogP contribution in [0, 0.1) is 12.8 Å². The Labute approximate surface area is 175 Å². The molecule has 2 aromatic rings. The van der Waals surface area contributed by atoms with Crippen molar-refractivity contribution < 1.29 is 18.0 Å². The molecule has 0 aliphatic carbocycles. The molecule has 0 spiro atoms. The first kappa shape index (κ1) is 20.1. The number of rotatable bonds is 4. The number of amides is 2.